The number of aliphatic imine (C=N–C) groups is 1. The zero-order valence-electron chi connectivity index (χ0n) is 16.3. The van der Waals surface area contributed by atoms with Crippen molar-refractivity contribution in [3.8, 4) is 5.75 Å². The number of ether oxygens (including phenoxy) is 1. The Balaban J connectivity index is 0.000000878. The number of unbranched alkanes of at least 4 members (excludes halogenated alkanes) is 1. The molecule has 0 fully saturated rings. The topological polar surface area (TPSA) is 83.0 Å². The van der Waals surface area contributed by atoms with Crippen LogP contribution in [0.15, 0.2) is 59.6 Å². The summed E-state index contributed by atoms with van der Waals surface area (Å²) in [5.41, 5.74) is 2.52. The molecule has 1 aliphatic rings. The molecule has 1 unspecified atom stereocenters. The van der Waals surface area contributed by atoms with Gasteiger partial charge in [-0.2, -0.15) is 0 Å². The molecular weight excluding hydrogens is 354 g/mol. The maximum absolute atomic E-state index is 8.36. The molecule has 0 saturated heterocycles. The molecule has 6 heteroatoms. The third kappa shape index (κ3) is 7.31. The van der Waals surface area contributed by atoms with Crippen molar-refractivity contribution in [2.45, 2.75) is 32.2 Å². The summed E-state index contributed by atoms with van der Waals surface area (Å²) in [7, 11) is 0. The molecule has 0 bridgehead atoms. The molecule has 0 aromatic heterocycles. The van der Waals surface area contributed by atoms with E-state index >= 15 is 0 Å². The van der Waals surface area contributed by atoms with Crippen LogP contribution in [0.5, 0.6) is 5.75 Å². The number of hydrogen-bond acceptors (Lipinski definition) is 5. The number of nitrogens with zero attached hydrogens (tertiary/aromatic N) is 1. The van der Waals surface area contributed by atoms with Gasteiger partial charge in [-0.1, -0.05) is 55.8 Å². The third-order valence-electron chi connectivity index (χ3n) is 4.29. The molecule has 0 spiro atoms. The summed E-state index contributed by atoms with van der Waals surface area (Å²) >= 11 is 0. The first-order valence-electron chi connectivity index (χ1n) is 9.66. The van der Waals surface area contributed by atoms with Gasteiger partial charge >= 0.3 is 0 Å². The maximum atomic E-state index is 8.36. The van der Waals surface area contributed by atoms with Crippen LogP contribution in [0.2, 0.25) is 0 Å². The van der Waals surface area contributed by atoms with Gasteiger partial charge in [0.05, 0.1) is 19.2 Å². The molecule has 0 saturated carbocycles. The number of rotatable bonds is 8. The molecule has 0 aliphatic carbocycles. The second kappa shape index (κ2) is 12.4. The van der Waals surface area contributed by atoms with Crippen molar-refractivity contribution in [3.63, 3.8) is 0 Å². The first kappa shape index (κ1) is 21.3. The van der Waals surface area contributed by atoms with Crippen LogP contribution in [-0.4, -0.2) is 37.2 Å². The average molecular weight is 383 g/mol. The van der Waals surface area contributed by atoms with Gasteiger partial charge in [0.1, 0.15) is 5.75 Å². The van der Waals surface area contributed by atoms with Crippen LogP contribution in [0.4, 0.5) is 0 Å². The lowest BCUT2D eigenvalue weighted by molar-refractivity contribution is -0.122. The zero-order valence-corrected chi connectivity index (χ0v) is 16.3. The van der Waals surface area contributed by atoms with Crippen LogP contribution in [0.1, 0.15) is 36.9 Å². The van der Waals surface area contributed by atoms with Crippen molar-refractivity contribution < 1.29 is 14.6 Å². The van der Waals surface area contributed by atoms with Crippen molar-refractivity contribution in [1.29, 1.82) is 0 Å². The minimum atomic E-state index is -0.250. The minimum absolute atomic E-state index is 0.177. The second-order valence-electron chi connectivity index (χ2n) is 6.42. The van der Waals surface area contributed by atoms with Crippen LogP contribution < -0.4 is 15.4 Å². The average Bonchev–Trinajstić information content (AvgIpc) is 3.23. The Hall–Kier alpha value is -3.02. The summed E-state index contributed by atoms with van der Waals surface area (Å²) < 4.78 is 5.85. The normalized spacial score (nSPS) is 13.4. The van der Waals surface area contributed by atoms with Gasteiger partial charge in [0.15, 0.2) is 5.96 Å². The number of guanidine groups is 1. The van der Waals surface area contributed by atoms with Crippen LogP contribution in [0, 0.1) is 0 Å². The van der Waals surface area contributed by atoms with Gasteiger partial charge in [0.25, 0.3) is 6.47 Å². The highest BCUT2D eigenvalue weighted by molar-refractivity contribution is 5.81. The van der Waals surface area contributed by atoms with Crippen molar-refractivity contribution >= 4 is 12.4 Å². The fraction of sp³-hybridized carbons (Fsp3) is 0.364. The van der Waals surface area contributed by atoms with Crippen LogP contribution in [0.3, 0.4) is 0 Å². The lowest BCUT2D eigenvalue weighted by atomic mass is 9.99. The minimum Gasteiger partial charge on any atom is -0.494 e. The van der Waals surface area contributed by atoms with Crippen LogP contribution >= 0.6 is 0 Å². The number of hydrogen-bond donors (Lipinski definition) is 3. The predicted molar refractivity (Wildman–Crippen MR) is 112 cm³/mol. The van der Waals surface area contributed by atoms with Crippen molar-refractivity contribution in [1.82, 2.24) is 10.6 Å². The molecule has 28 heavy (non-hydrogen) atoms. The number of carbonyl (C=O) groups is 1. The maximum Gasteiger partial charge on any atom is 0.290 e. The van der Waals surface area contributed by atoms with Gasteiger partial charge in [0, 0.05) is 6.54 Å². The molecule has 1 atom stereocenters. The molecule has 150 valence electrons. The van der Waals surface area contributed by atoms with E-state index in [0.29, 0.717) is 0 Å². The molecule has 1 aliphatic heterocycles. The van der Waals surface area contributed by atoms with Gasteiger partial charge in [-0.15, -0.1) is 0 Å². The van der Waals surface area contributed by atoms with Gasteiger partial charge < -0.3 is 20.5 Å². The highest BCUT2D eigenvalue weighted by Gasteiger charge is 2.16. The Kier molecular flexibility index (Phi) is 9.41. The second-order valence-corrected chi connectivity index (χ2v) is 6.42. The molecular formula is C22H29N3O3. The van der Waals surface area contributed by atoms with E-state index in [1.165, 1.54) is 11.1 Å². The quantitative estimate of drug-likeness (QED) is 0.481. The fourth-order valence-electron chi connectivity index (χ4n) is 2.93. The van der Waals surface area contributed by atoms with E-state index in [1.54, 1.807) is 0 Å². The van der Waals surface area contributed by atoms with Crippen LogP contribution in [0.25, 0.3) is 0 Å². The van der Waals surface area contributed by atoms with Gasteiger partial charge in [0.2, 0.25) is 0 Å². The van der Waals surface area contributed by atoms with E-state index in [-0.39, 0.29) is 12.5 Å². The monoisotopic (exact) mass is 383 g/mol. The zero-order chi connectivity index (χ0) is 20.0. The smallest absolute Gasteiger partial charge is 0.290 e. The first-order valence-corrected chi connectivity index (χ1v) is 9.66. The van der Waals surface area contributed by atoms with Gasteiger partial charge in [-0.3, -0.25) is 9.79 Å². The molecule has 1 heterocycles. The summed E-state index contributed by atoms with van der Waals surface area (Å²) in [4.78, 5) is 12.8. The molecule has 0 amide bonds. The molecule has 2 aromatic rings. The Morgan fingerprint density at radius 3 is 2.71 bits per heavy atom. The number of carboxylic acid groups (broad SMARTS) is 1. The summed E-state index contributed by atoms with van der Waals surface area (Å²) in [6.45, 7) is 4.45. The van der Waals surface area contributed by atoms with E-state index < -0.39 is 0 Å². The van der Waals surface area contributed by atoms with Crippen LogP contribution in [-0.2, 0) is 11.2 Å². The standard InChI is InChI=1S/C21H27N3O.CH2O2/c1-2-3-14-25-19-11-7-8-17(15-19)16-20(18-9-5-4-6-10-18)24-21-22-12-13-23-21;2-1-3/h4-11,15,20H,2-3,12-14,16H2,1H3,(H2,22,23,24);1H,(H,2,3). The lowest BCUT2D eigenvalue weighted by Gasteiger charge is -2.21. The van der Waals surface area contributed by atoms with E-state index in [1.807, 2.05) is 12.1 Å². The van der Waals surface area contributed by atoms with Gasteiger partial charge in [-0.05, 0) is 36.1 Å². The molecule has 3 rings (SSSR count). The number of benzene rings is 2. The van der Waals surface area contributed by atoms with E-state index in [9.17, 15) is 0 Å². The summed E-state index contributed by atoms with van der Waals surface area (Å²) in [5.74, 6) is 1.85. The molecule has 0 radical (unpaired) electrons. The predicted octanol–water partition coefficient (Wildman–Crippen LogP) is 3.40. The Morgan fingerprint density at radius 2 is 2.04 bits per heavy atom. The van der Waals surface area contributed by atoms with Gasteiger partial charge in [-0.25, -0.2) is 0 Å². The summed E-state index contributed by atoms with van der Waals surface area (Å²) in [6, 6.07) is 19.1. The summed E-state index contributed by atoms with van der Waals surface area (Å²) in [6.07, 6.45) is 3.12. The Morgan fingerprint density at radius 1 is 1.25 bits per heavy atom. The first-order chi connectivity index (χ1) is 13.8. The molecule has 2 aromatic carbocycles. The Labute approximate surface area is 166 Å². The van der Waals surface area contributed by atoms with E-state index in [4.69, 9.17) is 14.6 Å². The molecule has 6 nitrogen and oxygen atoms in total. The van der Waals surface area contributed by atoms with Crippen molar-refractivity contribution in [2.75, 3.05) is 19.7 Å². The largest absolute Gasteiger partial charge is 0.494 e. The van der Waals surface area contributed by atoms with Crippen molar-refractivity contribution in [2.24, 2.45) is 4.99 Å². The highest BCUT2D eigenvalue weighted by Crippen LogP contribution is 2.22. The highest BCUT2D eigenvalue weighted by atomic mass is 16.5. The molecule has 3 N–H and O–H groups in total. The SMILES string of the molecule is CCCCOc1cccc(CC(NC2=NCCN2)c2ccccc2)c1.O=CO. The van der Waals surface area contributed by atoms with E-state index in [0.717, 1.165) is 50.7 Å². The summed E-state index contributed by atoms with van der Waals surface area (Å²) in [5, 5.41) is 13.7. The Bertz CT molecular complexity index is 735. The number of nitrogens with one attached hydrogen (secondary N) is 2. The lowest BCUT2D eigenvalue weighted by Crippen LogP contribution is -2.37. The van der Waals surface area contributed by atoms with Crippen molar-refractivity contribution in [3.05, 3.63) is 65.7 Å². The van der Waals surface area contributed by atoms with E-state index in [2.05, 4.69) is 65.0 Å². The fourth-order valence-corrected chi connectivity index (χ4v) is 2.93. The third-order valence-corrected chi connectivity index (χ3v) is 4.29.